The van der Waals surface area contributed by atoms with Crippen molar-refractivity contribution in [3.8, 4) is 34.0 Å². The van der Waals surface area contributed by atoms with Gasteiger partial charge in [0.2, 0.25) is 5.82 Å². The molecule has 1 aromatic heterocycles. The zero-order valence-electron chi connectivity index (χ0n) is 21.5. The summed E-state index contributed by atoms with van der Waals surface area (Å²) in [6.45, 7) is 5.62. The first-order valence-corrected chi connectivity index (χ1v) is 12.3. The standard InChI is InChI=1S/C29H27F4N3O3/c1-16(2)10-25(28(37)38)34-15-18-11-20(13-21(30)12-18)26-35-27(39-36-26)19-8-9-23(24(14-19)29(31,32)33)22-7-5-4-6-17(22)3/h4-9,11-14,16,25,34H,10,15H2,1-3H3,(H,37,38). The van der Waals surface area contributed by atoms with Crippen molar-refractivity contribution in [1.82, 2.24) is 15.5 Å². The molecule has 204 valence electrons. The van der Waals surface area contributed by atoms with Gasteiger partial charge < -0.3 is 14.9 Å². The quantitative estimate of drug-likeness (QED) is 0.219. The maximum absolute atomic E-state index is 14.4. The van der Waals surface area contributed by atoms with Gasteiger partial charge in [-0.25, -0.2) is 4.39 Å². The van der Waals surface area contributed by atoms with Crippen LogP contribution in [0.25, 0.3) is 34.0 Å². The second-order valence-electron chi connectivity index (χ2n) is 9.75. The van der Waals surface area contributed by atoms with E-state index in [0.717, 1.165) is 6.07 Å². The van der Waals surface area contributed by atoms with E-state index in [1.165, 1.54) is 24.3 Å². The van der Waals surface area contributed by atoms with Crippen LogP contribution in [-0.2, 0) is 17.5 Å². The van der Waals surface area contributed by atoms with Crippen LogP contribution in [0.1, 0.15) is 37.0 Å². The average molecular weight is 542 g/mol. The summed E-state index contributed by atoms with van der Waals surface area (Å²) in [5, 5.41) is 16.2. The second kappa shape index (κ2) is 11.4. The van der Waals surface area contributed by atoms with Gasteiger partial charge in [0, 0.05) is 17.7 Å². The Hall–Kier alpha value is -4.05. The summed E-state index contributed by atoms with van der Waals surface area (Å²) in [5.74, 6) is -1.64. The van der Waals surface area contributed by atoms with Crippen LogP contribution in [0.3, 0.4) is 0 Å². The Morgan fingerprint density at radius 3 is 2.44 bits per heavy atom. The van der Waals surface area contributed by atoms with E-state index < -0.39 is 29.6 Å². The lowest BCUT2D eigenvalue weighted by atomic mass is 9.94. The highest BCUT2D eigenvalue weighted by atomic mass is 19.4. The molecule has 2 N–H and O–H groups in total. The van der Waals surface area contributed by atoms with Gasteiger partial charge in [-0.15, -0.1) is 0 Å². The third-order valence-electron chi connectivity index (χ3n) is 6.21. The minimum atomic E-state index is -4.63. The summed E-state index contributed by atoms with van der Waals surface area (Å²) < 4.78 is 61.7. The monoisotopic (exact) mass is 541 g/mol. The summed E-state index contributed by atoms with van der Waals surface area (Å²) in [6.07, 6.45) is -4.24. The van der Waals surface area contributed by atoms with Crippen LogP contribution >= 0.6 is 0 Å². The number of benzene rings is 3. The fraction of sp³-hybridized carbons (Fsp3) is 0.276. The van der Waals surface area contributed by atoms with Gasteiger partial charge in [0.05, 0.1) is 5.56 Å². The smallest absolute Gasteiger partial charge is 0.417 e. The minimum absolute atomic E-state index is 0.0146. The number of alkyl halides is 3. The molecule has 4 aromatic rings. The molecular weight excluding hydrogens is 514 g/mol. The highest BCUT2D eigenvalue weighted by Gasteiger charge is 2.35. The van der Waals surface area contributed by atoms with Crippen LogP contribution in [0.2, 0.25) is 0 Å². The third kappa shape index (κ3) is 6.69. The summed E-state index contributed by atoms with van der Waals surface area (Å²) in [4.78, 5) is 15.7. The van der Waals surface area contributed by atoms with E-state index in [1.54, 1.807) is 37.3 Å². The molecule has 0 radical (unpaired) electrons. The summed E-state index contributed by atoms with van der Waals surface area (Å²) in [5.41, 5.74) is 1.10. The number of rotatable bonds is 9. The van der Waals surface area contributed by atoms with E-state index in [-0.39, 0.29) is 40.9 Å². The van der Waals surface area contributed by atoms with Crippen LogP contribution < -0.4 is 5.32 Å². The number of carboxylic acids is 1. The zero-order chi connectivity index (χ0) is 28.3. The molecule has 1 atom stereocenters. The maximum Gasteiger partial charge on any atom is 0.417 e. The number of aromatic nitrogens is 2. The molecule has 0 saturated carbocycles. The molecule has 0 aliphatic rings. The van der Waals surface area contributed by atoms with Gasteiger partial charge in [-0.1, -0.05) is 49.3 Å². The lowest BCUT2D eigenvalue weighted by Crippen LogP contribution is -2.37. The van der Waals surface area contributed by atoms with Crippen molar-refractivity contribution in [3.63, 3.8) is 0 Å². The number of carbonyl (C=O) groups is 1. The molecule has 3 aromatic carbocycles. The van der Waals surface area contributed by atoms with Gasteiger partial charge in [-0.2, -0.15) is 18.2 Å². The molecule has 0 amide bonds. The molecule has 1 unspecified atom stereocenters. The van der Waals surface area contributed by atoms with Gasteiger partial charge in [-0.05, 0) is 71.8 Å². The number of halogens is 4. The molecule has 0 saturated heterocycles. The van der Waals surface area contributed by atoms with Crippen molar-refractivity contribution in [1.29, 1.82) is 0 Å². The van der Waals surface area contributed by atoms with Crippen LogP contribution in [0.4, 0.5) is 17.6 Å². The number of hydrogen-bond acceptors (Lipinski definition) is 5. The molecule has 1 heterocycles. The van der Waals surface area contributed by atoms with E-state index in [9.17, 15) is 27.5 Å². The van der Waals surface area contributed by atoms with E-state index in [4.69, 9.17) is 4.52 Å². The zero-order valence-corrected chi connectivity index (χ0v) is 21.5. The first-order chi connectivity index (χ1) is 18.4. The molecule has 0 aliphatic carbocycles. The largest absolute Gasteiger partial charge is 0.480 e. The molecular formula is C29H27F4N3O3. The fourth-order valence-electron chi connectivity index (χ4n) is 4.35. The number of aliphatic carboxylic acids is 1. The van der Waals surface area contributed by atoms with E-state index in [2.05, 4.69) is 15.5 Å². The van der Waals surface area contributed by atoms with Gasteiger partial charge in [0.25, 0.3) is 5.89 Å². The van der Waals surface area contributed by atoms with E-state index in [0.29, 0.717) is 23.1 Å². The van der Waals surface area contributed by atoms with Crippen molar-refractivity contribution in [2.75, 3.05) is 0 Å². The molecule has 0 fully saturated rings. The van der Waals surface area contributed by atoms with Gasteiger partial charge in [0.15, 0.2) is 0 Å². The lowest BCUT2D eigenvalue weighted by Gasteiger charge is -2.16. The Kier molecular flexibility index (Phi) is 8.15. The Bertz CT molecular complexity index is 1480. The number of nitrogens with zero attached hydrogens (tertiary/aromatic N) is 2. The predicted octanol–water partition coefficient (Wildman–Crippen LogP) is 7.13. The van der Waals surface area contributed by atoms with Crippen molar-refractivity contribution in [3.05, 3.63) is 83.2 Å². The Balaban J connectivity index is 1.63. The number of hydrogen-bond donors (Lipinski definition) is 2. The predicted molar refractivity (Wildman–Crippen MR) is 138 cm³/mol. The normalized spacial score (nSPS) is 12.6. The summed E-state index contributed by atoms with van der Waals surface area (Å²) in [6, 6.07) is 13.8. The topological polar surface area (TPSA) is 88.2 Å². The van der Waals surface area contributed by atoms with Crippen LogP contribution in [0, 0.1) is 18.7 Å². The first kappa shape index (κ1) is 28.0. The highest BCUT2D eigenvalue weighted by molar-refractivity contribution is 5.75. The van der Waals surface area contributed by atoms with Crippen molar-refractivity contribution < 1.29 is 32.0 Å². The first-order valence-electron chi connectivity index (χ1n) is 12.3. The molecule has 6 nitrogen and oxygen atoms in total. The van der Waals surface area contributed by atoms with Crippen molar-refractivity contribution in [2.45, 2.75) is 46.0 Å². The van der Waals surface area contributed by atoms with Crippen molar-refractivity contribution in [2.24, 2.45) is 5.92 Å². The van der Waals surface area contributed by atoms with Crippen LogP contribution in [0.15, 0.2) is 65.2 Å². The molecule has 4 rings (SSSR count). The third-order valence-corrected chi connectivity index (χ3v) is 6.21. The van der Waals surface area contributed by atoms with Gasteiger partial charge in [0.1, 0.15) is 11.9 Å². The summed E-state index contributed by atoms with van der Waals surface area (Å²) >= 11 is 0. The Morgan fingerprint density at radius 2 is 1.77 bits per heavy atom. The lowest BCUT2D eigenvalue weighted by molar-refractivity contribution is -0.140. The number of aryl methyl sites for hydroxylation is 1. The Labute approximate surface area is 222 Å². The molecule has 0 spiro atoms. The van der Waals surface area contributed by atoms with Crippen molar-refractivity contribution >= 4 is 5.97 Å². The van der Waals surface area contributed by atoms with Crippen LogP contribution in [-0.4, -0.2) is 27.3 Å². The minimum Gasteiger partial charge on any atom is -0.480 e. The van der Waals surface area contributed by atoms with E-state index in [1.807, 2.05) is 13.8 Å². The second-order valence-corrected chi connectivity index (χ2v) is 9.75. The van der Waals surface area contributed by atoms with Gasteiger partial charge >= 0.3 is 12.1 Å². The summed E-state index contributed by atoms with van der Waals surface area (Å²) in [7, 11) is 0. The molecule has 10 heteroatoms. The van der Waals surface area contributed by atoms with E-state index >= 15 is 0 Å². The SMILES string of the molecule is Cc1ccccc1-c1ccc(-c2nc(-c3cc(F)cc(CNC(CC(C)C)C(=O)O)c3)no2)cc1C(F)(F)F. The molecule has 0 aliphatic heterocycles. The average Bonchev–Trinajstić information content (AvgIpc) is 3.36. The Morgan fingerprint density at radius 1 is 1.03 bits per heavy atom. The van der Waals surface area contributed by atoms with Gasteiger partial charge in [-0.3, -0.25) is 4.79 Å². The number of carboxylic acid groups (broad SMARTS) is 1. The maximum atomic E-state index is 14.4. The highest BCUT2D eigenvalue weighted by Crippen LogP contribution is 2.40. The number of nitrogens with one attached hydrogen (secondary N) is 1. The molecule has 0 bridgehead atoms. The fourth-order valence-corrected chi connectivity index (χ4v) is 4.35. The van der Waals surface area contributed by atoms with Crippen LogP contribution in [0.5, 0.6) is 0 Å². The molecule has 39 heavy (non-hydrogen) atoms.